The highest BCUT2D eigenvalue weighted by Gasteiger charge is 2.43. The topological polar surface area (TPSA) is 89.2 Å². The number of halogens is 7. The lowest BCUT2D eigenvalue weighted by Crippen LogP contribution is -2.46. The zero-order valence-electron chi connectivity index (χ0n) is 21.2. The molecule has 0 amide bonds. The molecule has 16 heteroatoms. The van der Waals surface area contributed by atoms with Gasteiger partial charge in [0.25, 0.3) is 11.9 Å². The van der Waals surface area contributed by atoms with Crippen molar-refractivity contribution in [1.82, 2.24) is 9.13 Å². The minimum Gasteiger partial charge on any atom is -0.452 e. The SMILES string of the molecule is CN1c2c(c(=O)n(CCCO)c(=O)n2CC(F)(F)F)N(Cc2ccc(F)cc2)C1Oc1cccc(OC(F)(F)F)c1. The standard InChI is InChI=1S/C25H23F7N4O5/c1-33-20-19(21(38)34(10-3-11-37)22(39)36(20)14-24(27,28)29)35(13-15-6-8-16(26)9-7-15)23(33)40-17-4-2-5-18(12-17)41-25(30,31)32/h2,4-9,12,23,37H,3,10-11,13-14H2,1H3. The van der Waals surface area contributed by atoms with Crippen molar-refractivity contribution in [2.45, 2.75) is 44.9 Å². The Morgan fingerprint density at radius 2 is 1.61 bits per heavy atom. The van der Waals surface area contributed by atoms with Crippen LogP contribution in [0.3, 0.4) is 0 Å². The van der Waals surface area contributed by atoms with Crippen LogP contribution in [0.5, 0.6) is 11.5 Å². The number of hydrogen-bond acceptors (Lipinski definition) is 7. The highest BCUT2D eigenvalue weighted by atomic mass is 19.4. The average Bonchev–Trinajstić information content (AvgIpc) is 3.13. The molecule has 41 heavy (non-hydrogen) atoms. The molecule has 9 nitrogen and oxygen atoms in total. The first-order chi connectivity index (χ1) is 19.2. The summed E-state index contributed by atoms with van der Waals surface area (Å²) < 4.78 is 103. The molecule has 2 heterocycles. The number of ether oxygens (including phenoxy) is 2. The highest BCUT2D eigenvalue weighted by molar-refractivity contribution is 5.73. The molecular formula is C25H23F7N4O5. The van der Waals surface area contributed by atoms with Crippen LogP contribution in [-0.2, 0) is 19.6 Å². The summed E-state index contributed by atoms with van der Waals surface area (Å²) >= 11 is 0. The summed E-state index contributed by atoms with van der Waals surface area (Å²) in [7, 11) is 1.24. The predicted octanol–water partition coefficient (Wildman–Crippen LogP) is 3.81. The molecule has 1 aliphatic heterocycles. The minimum absolute atomic E-state index is 0.111. The summed E-state index contributed by atoms with van der Waals surface area (Å²) in [5.74, 6) is -1.87. The Balaban J connectivity index is 1.88. The molecule has 1 unspecified atom stereocenters. The molecule has 0 radical (unpaired) electrons. The van der Waals surface area contributed by atoms with E-state index in [9.17, 15) is 45.4 Å². The van der Waals surface area contributed by atoms with Crippen LogP contribution in [0.1, 0.15) is 12.0 Å². The summed E-state index contributed by atoms with van der Waals surface area (Å²) in [5, 5.41) is 9.21. The van der Waals surface area contributed by atoms with Crippen LogP contribution in [-0.4, -0.2) is 46.8 Å². The number of rotatable bonds is 9. The monoisotopic (exact) mass is 592 g/mol. The van der Waals surface area contributed by atoms with Gasteiger partial charge in [-0.2, -0.15) is 13.2 Å². The lowest BCUT2D eigenvalue weighted by Gasteiger charge is -2.30. The molecule has 0 spiro atoms. The van der Waals surface area contributed by atoms with Gasteiger partial charge in [0.15, 0.2) is 0 Å². The Kier molecular flexibility index (Phi) is 8.24. The number of hydrogen-bond donors (Lipinski definition) is 1. The third-order valence-corrected chi connectivity index (χ3v) is 6.02. The number of nitrogens with zero attached hydrogens (tertiary/aromatic N) is 4. The van der Waals surface area contributed by atoms with Crippen LogP contribution in [0.25, 0.3) is 0 Å². The Bertz CT molecular complexity index is 1500. The Labute approximate surface area is 227 Å². The summed E-state index contributed by atoms with van der Waals surface area (Å²) in [4.78, 5) is 29.0. The fourth-order valence-corrected chi connectivity index (χ4v) is 4.41. The fourth-order valence-electron chi connectivity index (χ4n) is 4.41. The predicted molar refractivity (Wildman–Crippen MR) is 131 cm³/mol. The third-order valence-electron chi connectivity index (χ3n) is 6.02. The van der Waals surface area contributed by atoms with E-state index in [0.29, 0.717) is 14.7 Å². The van der Waals surface area contributed by atoms with Crippen molar-refractivity contribution in [3.05, 3.63) is 80.7 Å². The normalized spacial score (nSPS) is 15.3. The molecule has 222 valence electrons. The van der Waals surface area contributed by atoms with Crippen LogP contribution in [0, 0.1) is 5.82 Å². The average molecular weight is 592 g/mol. The van der Waals surface area contributed by atoms with E-state index in [4.69, 9.17) is 4.74 Å². The number of anilines is 2. The van der Waals surface area contributed by atoms with Crippen LogP contribution in [0.4, 0.5) is 42.2 Å². The molecule has 0 bridgehead atoms. The van der Waals surface area contributed by atoms with Gasteiger partial charge in [0.1, 0.15) is 35.4 Å². The van der Waals surface area contributed by atoms with Crippen LogP contribution in [0.2, 0.25) is 0 Å². The Hall–Kier alpha value is -4.21. The van der Waals surface area contributed by atoms with Gasteiger partial charge in [0.05, 0.1) is 0 Å². The second kappa shape index (κ2) is 11.3. The number of aliphatic hydroxyl groups is 1. The second-order valence-electron chi connectivity index (χ2n) is 9.02. The summed E-state index contributed by atoms with van der Waals surface area (Å²) in [5.41, 5.74) is -2.24. The molecule has 1 atom stereocenters. The summed E-state index contributed by atoms with van der Waals surface area (Å²) in [6, 6.07) is 9.30. The zero-order valence-corrected chi connectivity index (χ0v) is 21.2. The Morgan fingerprint density at radius 3 is 2.22 bits per heavy atom. The molecule has 4 rings (SSSR count). The van der Waals surface area contributed by atoms with Gasteiger partial charge in [-0.3, -0.25) is 13.9 Å². The molecule has 3 aromatic rings. The molecule has 2 aromatic carbocycles. The quantitative estimate of drug-likeness (QED) is 0.378. The molecular weight excluding hydrogens is 569 g/mol. The smallest absolute Gasteiger partial charge is 0.452 e. The van der Waals surface area contributed by atoms with E-state index in [1.807, 2.05) is 0 Å². The van der Waals surface area contributed by atoms with Gasteiger partial charge < -0.3 is 24.4 Å². The van der Waals surface area contributed by atoms with Gasteiger partial charge in [-0.1, -0.05) is 18.2 Å². The zero-order chi connectivity index (χ0) is 30.1. The van der Waals surface area contributed by atoms with Crippen molar-refractivity contribution < 1.29 is 45.3 Å². The summed E-state index contributed by atoms with van der Waals surface area (Å²) in [6.07, 6.45) is -11.5. The number of fused-ring (bicyclic) bond motifs is 1. The van der Waals surface area contributed by atoms with E-state index in [2.05, 4.69) is 4.74 Å². The van der Waals surface area contributed by atoms with Crippen molar-refractivity contribution in [3.8, 4) is 11.5 Å². The van der Waals surface area contributed by atoms with Crippen LogP contribution < -0.4 is 30.5 Å². The molecule has 1 aromatic heterocycles. The molecule has 0 saturated heterocycles. The summed E-state index contributed by atoms with van der Waals surface area (Å²) in [6.45, 7) is -2.86. The van der Waals surface area contributed by atoms with E-state index in [1.54, 1.807) is 0 Å². The second-order valence-corrected chi connectivity index (χ2v) is 9.02. The number of aliphatic hydroxyl groups excluding tert-OH is 1. The fraction of sp³-hybridized carbons (Fsp3) is 0.360. The van der Waals surface area contributed by atoms with Gasteiger partial charge in [-0.25, -0.2) is 9.18 Å². The first kappa shape index (κ1) is 29.8. The first-order valence-corrected chi connectivity index (χ1v) is 12.0. The minimum atomic E-state index is -5.01. The molecule has 0 fully saturated rings. The van der Waals surface area contributed by atoms with E-state index in [1.165, 1.54) is 36.2 Å². The van der Waals surface area contributed by atoms with E-state index >= 15 is 0 Å². The lowest BCUT2D eigenvalue weighted by molar-refractivity contribution is -0.274. The van der Waals surface area contributed by atoms with Gasteiger partial charge in [-0.05, 0) is 36.2 Å². The van der Waals surface area contributed by atoms with Crippen LogP contribution >= 0.6 is 0 Å². The maximum absolute atomic E-state index is 13.6. The number of benzene rings is 2. The first-order valence-electron chi connectivity index (χ1n) is 12.0. The largest absolute Gasteiger partial charge is 0.573 e. The van der Waals surface area contributed by atoms with Crippen molar-refractivity contribution in [3.63, 3.8) is 0 Å². The molecule has 1 aliphatic rings. The van der Waals surface area contributed by atoms with Crippen LogP contribution in [0.15, 0.2) is 58.1 Å². The van der Waals surface area contributed by atoms with E-state index < -0.39 is 67.2 Å². The Morgan fingerprint density at radius 1 is 0.951 bits per heavy atom. The number of aromatic nitrogens is 2. The van der Waals surface area contributed by atoms with Gasteiger partial charge in [0, 0.05) is 32.8 Å². The van der Waals surface area contributed by atoms with Crippen molar-refractivity contribution in [2.24, 2.45) is 0 Å². The van der Waals surface area contributed by atoms with Crippen molar-refractivity contribution in [2.75, 3.05) is 23.5 Å². The maximum Gasteiger partial charge on any atom is 0.573 e. The van der Waals surface area contributed by atoms with Crippen molar-refractivity contribution in [1.29, 1.82) is 0 Å². The maximum atomic E-state index is 13.6. The third kappa shape index (κ3) is 6.75. The lowest BCUT2D eigenvalue weighted by atomic mass is 10.2. The van der Waals surface area contributed by atoms with E-state index in [-0.39, 0.29) is 24.4 Å². The molecule has 0 aliphatic carbocycles. The number of alkyl halides is 6. The highest BCUT2D eigenvalue weighted by Crippen LogP contribution is 2.39. The van der Waals surface area contributed by atoms with Gasteiger partial charge >= 0.3 is 18.2 Å². The molecule has 1 N–H and O–H groups in total. The van der Waals surface area contributed by atoms with E-state index in [0.717, 1.165) is 29.2 Å². The van der Waals surface area contributed by atoms with Gasteiger partial charge in [0.2, 0.25) is 0 Å². The van der Waals surface area contributed by atoms with Gasteiger partial charge in [-0.15, -0.1) is 13.2 Å². The molecule has 0 saturated carbocycles. The van der Waals surface area contributed by atoms with Crippen molar-refractivity contribution >= 4 is 11.5 Å².